The van der Waals surface area contributed by atoms with Gasteiger partial charge in [-0.15, -0.1) is 0 Å². The van der Waals surface area contributed by atoms with E-state index in [1.165, 1.54) is 12.1 Å². The Hall–Kier alpha value is -1.88. The van der Waals surface area contributed by atoms with Crippen molar-refractivity contribution in [2.45, 2.75) is 6.92 Å². The number of nitrogens with one attached hydrogen (secondary N) is 1. The van der Waals surface area contributed by atoms with Crippen LogP contribution in [0.2, 0.25) is 0 Å². The summed E-state index contributed by atoms with van der Waals surface area (Å²) < 4.78 is 14.4. The number of amides is 1. The highest BCUT2D eigenvalue weighted by molar-refractivity contribution is 9.10. The number of anilines is 2. The van der Waals surface area contributed by atoms with Crippen molar-refractivity contribution >= 4 is 33.2 Å². The van der Waals surface area contributed by atoms with Gasteiger partial charge in [0.25, 0.3) is 5.91 Å². The van der Waals surface area contributed by atoms with Crippen molar-refractivity contribution in [1.82, 2.24) is 0 Å². The van der Waals surface area contributed by atoms with Gasteiger partial charge in [0, 0.05) is 10.2 Å². The van der Waals surface area contributed by atoms with Crippen LogP contribution in [-0.2, 0) is 0 Å². The van der Waals surface area contributed by atoms with Gasteiger partial charge >= 0.3 is 0 Å². The Morgan fingerprint density at radius 1 is 1.26 bits per heavy atom. The molecule has 0 radical (unpaired) electrons. The standard InChI is InChI=1S/C14H12BrFN2O/c1-8-2-5-13(11(16)6-8)18-14(19)10-4-3-9(15)7-12(10)17/h2-7H,17H2,1H3,(H,18,19). The Labute approximate surface area is 118 Å². The fraction of sp³-hybridized carbons (Fsp3) is 0.0714. The quantitative estimate of drug-likeness (QED) is 0.828. The average Bonchev–Trinajstić information content (AvgIpc) is 2.32. The van der Waals surface area contributed by atoms with Gasteiger partial charge in [-0.2, -0.15) is 0 Å². The first-order valence-corrected chi connectivity index (χ1v) is 6.39. The highest BCUT2D eigenvalue weighted by Gasteiger charge is 2.12. The number of hydrogen-bond donors (Lipinski definition) is 2. The second kappa shape index (κ2) is 5.40. The first-order valence-electron chi connectivity index (χ1n) is 5.60. The van der Waals surface area contributed by atoms with Gasteiger partial charge in [-0.1, -0.05) is 22.0 Å². The maximum atomic E-state index is 13.6. The number of nitrogen functional groups attached to an aromatic ring is 1. The van der Waals surface area contributed by atoms with E-state index in [9.17, 15) is 9.18 Å². The molecule has 0 unspecified atom stereocenters. The number of rotatable bonds is 2. The normalized spacial score (nSPS) is 10.3. The summed E-state index contributed by atoms with van der Waals surface area (Å²) in [5.74, 6) is -0.906. The van der Waals surface area contributed by atoms with Crippen LogP contribution < -0.4 is 11.1 Å². The lowest BCUT2D eigenvalue weighted by Gasteiger charge is -2.09. The highest BCUT2D eigenvalue weighted by atomic mass is 79.9. The maximum absolute atomic E-state index is 13.6. The number of carbonyl (C=O) groups excluding carboxylic acids is 1. The molecule has 0 saturated heterocycles. The molecular formula is C14H12BrFN2O. The van der Waals surface area contributed by atoms with E-state index in [1.807, 2.05) is 0 Å². The lowest BCUT2D eigenvalue weighted by Crippen LogP contribution is -2.15. The molecule has 0 atom stereocenters. The van der Waals surface area contributed by atoms with Crippen LogP contribution in [-0.4, -0.2) is 5.91 Å². The number of nitrogens with two attached hydrogens (primary N) is 1. The van der Waals surface area contributed by atoms with E-state index >= 15 is 0 Å². The Morgan fingerprint density at radius 3 is 2.63 bits per heavy atom. The smallest absolute Gasteiger partial charge is 0.257 e. The molecule has 5 heteroatoms. The molecule has 0 aliphatic carbocycles. The Kier molecular flexibility index (Phi) is 3.85. The lowest BCUT2D eigenvalue weighted by molar-refractivity contribution is 0.102. The van der Waals surface area contributed by atoms with Crippen LogP contribution >= 0.6 is 15.9 Å². The Balaban J connectivity index is 2.25. The number of hydrogen-bond acceptors (Lipinski definition) is 2. The molecule has 0 aromatic heterocycles. The zero-order valence-corrected chi connectivity index (χ0v) is 11.8. The second-order valence-corrected chi connectivity index (χ2v) is 5.08. The molecule has 2 rings (SSSR count). The van der Waals surface area contributed by atoms with E-state index in [4.69, 9.17) is 5.73 Å². The summed E-state index contributed by atoms with van der Waals surface area (Å²) in [6.45, 7) is 1.78. The van der Waals surface area contributed by atoms with Crippen molar-refractivity contribution in [3.05, 3.63) is 57.8 Å². The molecule has 98 valence electrons. The van der Waals surface area contributed by atoms with Crippen LogP contribution in [0.3, 0.4) is 0 Å². The summed E-state index contributed by atoms with van der Waals surface area (Å²) in [5, 5.41) is 2.50. The van der Waals surface area contributed by atoms with E-state index in [0.717, 1.165) is 10.0 Å². The minimum Gasteiger partial charge on any atom is -0.398 e. The van der Waals surface area contributed by atoms with Gasteiger partial charge in [0.05, 0.1) is 11.3 Å². The predicted molar refractivity (Wildman–Crippen MR) is 77.6 cm³/mol. The molecule has 0 aliphatic rings. The summed E-state index contributed by atoms with van der Waals surface area (Å²) >= 11 is 3.26. The number of benzene rings is 2. The number of carbonyl (C=O) groups is 1. The summed E-state index contributed by atoms with van der Waals surface area (Å²) in [4.78, 5) is 12.0. The van der Waals surface area contributed by atoms with E-state index in [2.05, 4.69) is 21.2 Å². The van der Waals surface area contributed by atoms with Gasteiger partial charge < -0.3 is 11.1 Å². The first kappa shape index (κ1) is 13.5. The maximum Gasteiger partial charge on any atom is 0.257 e. The molecule has 0 fully saturated rings. The van der Waals surface area contributed by atoms with Gasteiger partial charge in [-0.05, 0) is 42.8 Å². The van der Waals surface area contributed by atoms with E-state index in [0.29, 0.717) is 11.3 Å². The monoisotopic (exact) mass is 322 g/mol. The minimum absolute atomic E-state index is 0.137. The van der Waals surface area contributed by atoms with Gasteiger partial charge in [-0.25, -0.2) is 4.39 Å². The van der Waals surface area contributed by atoms with Crippen molar-refractivity contribution in [2.75, 3.05) is 11.1 Å². The molecule has 1 amide bonds. The summed E-state index contributed by atoms with van der Waals surface area (Å²) in [6, 6.07) is 9.53. The van der Waals surface area contributed by atoms with Crippen LogP contribution in [0.1, 0.15) is 15.9 Å². The summed E-state index contributed by atoms with van der Waals surface area (Å²) in [5.41, 5.74) is 7.32. The van der Waals surface area contributed by atoms with Gasteiger partial charge in [0.2, 0.25) is 0 Å². The molecule has 2 aromatic carbocycles. The fourth-order valence-corrected chi connectivity index (χ4v) is 2.03. The fourth-order valence-electron chi connectivity index (χ4n) is 1.65. The lowest BCUT2D eigenvalue weighted by atomic mass is 10.1. The molecule has 0 aliphatic heterocycles. The van der Waals surface area contributed by atoms with Crippen LogP contribution in [0.4, 0.5) is 15.8 Å². The van der Waals surface area contributed by atoms with E-state index in [1.54, 1.807) is 31.2 Å². The molecule has 3 nitrogen and oxygen atoms in total. The molecule has 3 N–H and O–H groups in total. The number of aryl methyl sites for hydroxylation is 1. The van der Waals surface area contributed by atoms with Crippen LogP contribution in [0.15, 0.2) is 40.9 Å². The second-order valence-electron chi connectivity index (χ2n) is 4.17. The third kappa shape index (κ3) is 3.12. The zero-order chi connectivity index (χ0) is 14.0. The average molecular weight is 323 g/mol. The topological polar surface area (TPSA) is 55.1 Å². The highest BCUT2D eigenvalue weighted by Crippen LogP contribution is 2.21. The van der Waals surface area contributed by atoms with Gasteiger partial charge in [0.1, 0.15) is 5.82 Å². The molecule has 0 spiro atoms. The molecule has 0 heterocycles. The van der Waals surface area contributed by atoms with Crippen molar-refractivity contribution in [3.63, 3.8) is 0 Å². The van der Waals surface area contributed by atoms with Crippen LogP contribution in [0, 0.1) is 12.7 Å². The van der Waals surface area contributed by atoms with Crippen molar-refractivity contribution in [1.29, 1.82) is 0 Å². The summed E-state index contributed by atoms with van der Waals surface area (Å²) in [6.07, 6.45) is 0. The Bertz CT molecular complexity index is 643. The van der Waals surface area contributed by atoms with Crippen molar-refractivity contribution < 1.29 is 9.18 Å². The first-order chi connectivity index (χ1) is 8.97. The summed E-state index contributed by atoms with van der Waals surface area (Å²) in [7, 11) is 0. The van der Waals surface area contributed by atoms with Gasteiger partial charge in [0.15, 0.2) is 0 Å². The minimum atomic E-state index is -0.468. The zero-order valence-electron chi connectivity index (χ0n) is 10.2. The SMILES string of the molecule is Cc1ccc(NC(=O)c2ccc(Br)cc2N)c(F)c1. The van der Waals surface area contributed by atoms with Gasteiger partial charge in [-0.3, -0.25) is 4.79 Å². The van der Waals surface area contributed by atoms with Crippen LogP contribution in [0.25, 0.3) is 0 Å². The largest absolute Gasteiger partial charge is 0.398 e. The van der Waals surface area contributed by atoms with E-state index in [-0.39, 0.29) is 5.69 Å². The van der Waals surface area contributed by atoms with E-state index < -0.39 is 11.7 Å². The molecule has 0 saturated carbocycles. The number of halogens is 2. The van der Waals surface area contributed by atoms with Crippen molar-refractivity contribution in [2.24, 2.45) is 0 Å². The third-order valence-electron chi connectivity index (χ3n) is 2.63. The van der Waals surface area contributed by atoms with Crippen molar-refractivity contribution in [3.8, 4) is 0 Å². The Morgan fingerprint density at radius 2 is 2.00 bits per heavy atom. The molecule has 2 aromatic rings. The molecule has 19 heavy (non-hydrogen) atoms. The molecule has 0 bridgehead atoms. The predicted octanol–water partition coefficient (Wildman–Crippen LogP) is 3.73. The molecular weight excluding hydrogens is 311 g/mol. The van der Waals surface area contributed by atoms with Crippen LogP contribution in [0.5, 0.6) is 0 Å². The third-order valence-corrected chi connectivity index (χ3v) is 3.12.